The van der Waals surface area contributed by atoms with Crippen LogP contribution in [-0.2, 0) is 6.54 Å². The summed E-state index contributed by atoms with van der Waals surface area (Å²) >= 11 is 6.16. The van der Waals surface area contributed by atoms with E-state index in [1.807, 2.05) is 36.7 Å². The first-order chi connectivity index (χ1) is 12.8. The van der Waals surface area contributed by atoms with Crippen LogP contribution in [0.3, 0.4) is 0 Å². The van der Waals surface area contributed by atoms with E-state index in [2.05, 4.69) is 0 Å². The van der Waals surface area contributed by atoms with E-state index in [0.717, 1.165) is 22.4 Å². The number of aryl methyl sites for hydroxylation is 1. The summed E-state index contributed by atoms with van der Waals surface area (Å²) in [7, 11) is 0. The lowest BCUT2D eigenvalue weighted by Gasteiger charge is -2.10. The molecule has 0 amide bonds. The third-order valence-electron chi connectivity index (χ3n) is 4.53. The summed E-state index contributed by atoms with van der Waals surface area (Å²) in [6.45, 7) is 4.34. The number of aromatic carboxylic acids is 1. The number of hydrogen-bond donors (Lipinski definition) is 1. The number of halogens is 2. The first kappa shape index (κ1) is 18.7. The third-order valence-corrected chi connectivity index (χ3v) is 4.84. The van der Waals surface area contributed by atoms with Crippen LogP contribution in [0, 0.1) is 31.0 Å². The number of rotatable bonds is 4. The number of carboxylic acids is 1. The van der Waals surface area contributed by atoms with Crippen molar-refractivity contribution in [1.29, 1.82) is 5.26 Å². The molecule has 1 aromatic heterocycles. The highest BCUT2D eigenvalue weighted by Crippen LogP contribution is 2.32. The molecule has 136 valence electrons. The van der Waals surface area contributed by atoms with Gasteiger partial charge in [0.1, 0.15) is 11.9 Å². The molecule has 0 spiro atoms. The van der Waals surface area contributed by atoms with Gasteiger partial charge in [0, 0.05) is 24.0 Å². The standard InChI is InChI=1S/C21H16ClFN2O2/c1-12-10-25(11-14-3-6-17(21(26)27)19(23)7-14)13(2)20(12)15-4-5-16(9-24)18(22)8-15/h3-8,10H,11H2,1-2H3,(H,26,27). The van der Waals surface area contributed by atoms with Gasteiger partial charge in [-0.2, -0.15) is 5.26 Å². The van der Waals surface area contributed by atoms with Crippen LogP contribution in [0.15, 0.2) is 42.6 Å². The molecule has 1 N–H and O–H groups in total. The van der Waals surface area contributed by atoms with E-state index in [4.69, 9.17) is 22.0 Å². The maximum atomic E-state index is 13.9. The van der Waals surface area contributed by atoms with E-state index in [9.17, 15) is 9.18 Å². The van der Waals surface area contributed by atoms with Crippen molar-refractivity contribution in [2.75, 3.05) is 0 Å². The summed E-state index contributed by atoms with van der Waals surface area (Å²) in [5.74, 6) is -2.03. The molecule has 6 heteroatoms. The first-order valence-corrected chi connectivity index (χ1v) is 8.57. The second-order valence-corrected chi connectivity index (χ2v) is 6.73. The zero-order valence-corrected chi connectivity index (χ0v) is 15.5. The minimum Gasteiger partial charge on any atom is -0.478 e. The Balaban J connectivity index is 1.97. The lowest BCUT2D eigenvalue weighted by atomic mass is 10.0. The normalized spacial score (nSPS) is 10.6. The van der Waals surface area contributed by atoms with Crippen LogP contribution < -0.4 is 0 Å². The highest BCUT2D eigenvalue weighted by Gasteiger charge is 2.15. The van der Waals surface area contributed by atoms with Gasteiger partial charge >= 0.3 is 5.97 Å². The number of hydrogen-bond acceptors (Lipinski definition) is 2. The summed E-state index contributed by atoms with van der Waals surface area (Å²) in [6, 6.07) is 11.5. The van der Waals surface area contributed by atoms with Crippen molar-refractivity contribution in [3.63, 3.8) is 0 Å². The fourth-order valence-electron chi connectivity index (χ4n) is 3.21. The maximum Gasteiger partial charge on any atom is 0.338 e. The zero-order valence-electron chi connectivity index (χ0n) is 14.8. The van der Waals surface area contributed by atoms with Gasteiger partial charge in [-0.25, -0.2) is 9.18 Å². The number of nitrogens with zero attached hydrogens (tertiary/aromatic N) is 2. The van der Waals surface area contributed by atoms with Gasteiger partial charge in [0.05, 0.1) is 16.1 Å². The largest absolute Gasteiger partial charge is 0.478 e. The van der Waals surface area contributed by atoms with Crippen molar-refractivity contribution in [3.05, 3.63) is 81.4 Å². The molecule has 0 saturated heterocycles. The molecule has 0 aliphatic heterocycles. The van der Waals surface area contributed by atoms with Gasteiger partial charge in [-0.3, -0.25) is 0 Å². The van der Waals surface area contributed by atoms with E-state index in [-0.39, 0.29) is 5.56 Å². The Morgan fingerprint density at radius 2 is 2.00 bits per heavy atom. The SMILES string of the molecule is Cc1cn(Cc2ccc(C(=O)O)c(F)c2)c(C)c1-c1ccc(C#N)c(Cl)c1. The molecule has 0 fully saturated rings. The van der Waals surface area contributed by atoms with Crippen molar-refractivity contribution in [1.82, 2.24) is 4.57 Å². The highest BCUT2D eigenvalue weighted by atomic mass is 35.5. The molecule has 2 aromatic carbocycles. The molecule has 0 aliphatic rings. The summed E-state index contributed by atoms with van der Waals surface area (Å²) in [5, 5.41) is 18.4. The van der Waals surface area contributed by atoms with E-state index in [1.165, 1.54) is 12.1 Å². The van der Waals surface area contributed by atoms with Gasteiger partial charge in [0.2, 0.25) is 0 Å². The predicted octanol–water partition coefficient (Wildman–Crippen LogP) is 5.18. The van der Waals surface area contributed by atoms with Crippen LogP contribution in [-0.4, -0.2) is 15.6 Å². The fourth-order valence-corrected chi connectivity index (χ4v) is 3.44. The molecule has 0 aliphatic carbocycles. The van der Waals surface area contributed by atoms with Crippen molar-refractivity contribution >= 4 is 17.6 Å². The fraction of sp³-hybridized carbons (Fsp3) is 0.143. The monoisotopic (exact) mass is 382 g/mol. The Morgan fingerprint density at radius 1 is 1.26 bits per heavy atom. The summed E-state index contributed by atoms with van der Waals surface area (Å²) in [4.78, 5) is 10.9. The second kappa shape index (κ2) is 7.26. The van der Waals surface area contributed by atoms with Gasteiger partial charge in [-0.1, -0.05) is 23.7 Å². The number of benzene rings is 2. The van der Waals surface area contributed by atoms with Crippen LogP contribution in [0.5, 0.6) is 0 Å². The Hall–Kier alpha value is -3.10. The van der Waals surface area contributed by atoms with Gasteiger partial charge in [-0.05, 0) is 54.8 Å². The smallest absolute Gasteiger partial charge is 0.338 e. The Labute approximate surface area is 161 Å². The number of nitriles is 1. The molecule has 3 aromatic rings. The van der Waals surface area contributed by atoms with E-state index >= 15 is 0 Å². The Bertz CT molecular complexity index is 1100. The molecule has 4 nitrogen and oxygen atoms in total. The molecule has 0 radical (unpaired) electrons. The first-order valence-electron chi connectivity index (χ1n) is 8.20. The maximum absolute atomic E-state index is 13.9. The van der Waals surface area contributed by atoms with E-state index in [1.54, 1.807) is 18.2 Å². The summed E-state index contributed by atoms with van der Waals surface area (Å²) in [5.41, 5.74) is 4.65. The molecule has 27 heavy (non-hydrogen) atoms. The number of aromatic nitrogens is 1. The van der Waals surface area contributed by atoms with Crippen LogP contribution in [0.1, 0.15) is 32.7 Å². The van der Waals surface area contributed by atoms with Crippen molar-refractivity contribution < 1.29 is 14.3 Å². The van der Waals surface area contributed by atoms with Crippen LogP contribution in [0.2, 0.25) is 5.02 Å². The van der Waals surface area contributed by atoms with Crippen molar-refractivity contribution in [2.45, 2.75) is 20.4 Å². The predicted molar refractivity (Wildman–Crippen MR) is 102 cm³/mol. The van der Waals surface area contributed by atoms with Crippen LogP contribution in [0.4, 0.5) is 4.39 Å². The third kappa shape index (κ3) is 3.57. The molecule has 0 bridgehead atoms. The molecule has 0 atom stereocenters. The summed E-state index contributed by atoms with van der Waals surface area (Å²) < 4.78 is 15.9. The van der Waals surface area contributed by atoms with Gasteiger partial charge < -0.3 is 9.67 Å². The minimum atomic E-state index is -1.29. The lowest BCUT2D eigenvalue weighted by molar-refractivity contribution is 0.0692. The average Bonchev–Trinajstić information content (AvgIpc) is 2.88. The van der Waals surface area contributed by atoms with Crippen molar-refractivity contribution in [3.8, 4) is 17.2 Å². The van der Waals surface area contributed by atoms with Gasteiger partial charge in [-0.15, -0.1) is 0 Å². The van der Waals surface area contributed by atoms with Crippen LogP contribution >= 0.6 is 11.6 Å². The zero-order chi connectivity index (χ0) is 19.7. The molecule has 0 unspecified atom stereocenters. The molecule has 1 heterocycles. The van der Waals surface area contributed by atoms with Crippen molar-refractivity contribution in [2.24, 2.45) is 0 Å². The second-order valence-electron chi connectivity index (χ2n) is 6.33. The summed E-state index contributed by atoms with van der Waals surface area (Å²) in [6.07, 6.45) is 1.96. The molecule has 0 saturated carbocycles. The highest BCUT2D eigenvalue weighted by molar-refractivity contribution is 6.32. The molecular formula is C21H16ClFN2O2. The average molecular weight is 383 g/mol. The minimum absolute atomic E-state index is 0.341. The lowest BCUT2D eigenvalue weighted by Crippen LogP contribution is -2.04. The topological polar surface area (TPSA) is 66.0 Å². The van der Waals surface area contributed by atoms with E-state index in [0.29, 0.717) is 22.7 Å². The molecule has 3 rings (SSSR count). The van der Waals surface area contributed by atoms with Gasteiger partial charge in [0.25, 0.3) is 0 Å². The number of carboxylic acid groups (broad SMARTS) is 1. The Morgan fingerprint density at radius 3 is 2.59 bits per heavy atom. The van der Waals surface area contributed by atoms with E-state index < -0.39 is 11.8 Å². The molecular weight excluding hydrogens is 367 g/mol. The van der Waals surface area contributed by atoms with Gasteiger partial charge in [0.15, 0.2) is 0 Å². The van der Waals surface area contributed by atoms with Crippen LogP contribution in [0.25, 0.3) is 11.1 Å². The Kier molecular flexibility index (Phi) is 5.02. The number of carbonyl (C=O) groups is 1. The quantitative estimate of drug-likeness (QED) is 0.675.